The van der Waals surface area contributed by atoms with Crippen molar-refractivity contribution in [2.75, 3.05) is 0 Å². The first kappa shape index (κ1) is 15.3. The molecule has 0 atom stereocenters. The summed E-state index contributed by atoms with van der Waals surface area (Å²) in [5.41, 5.74) is 0.545. The average molecular weight is 335 g/mol. The zero-order chi connectivity index (χ0) is 16.7. The fraction of sp³-hybridized carbons (Fsp3) is 0.0625. The van der Waals surface area contributed by atoms with Gasteiger partial charge < -0.3 is 0 Å². The molecule has 0 radical (unpaired) electrons. The van der Waals surface area contributed by atoms with Crippen molar-refractivity contribution in [1.82, 2.24) is 4.98 Å². The maximum atomic E-state index is 14.1. The molecule has 0 saturated heterocycles. The number of halogens is 3. The highest BCUT2D eigenvalue weighted by atomic mass is 35.5. The van der Waals surface area contributed by atoms with Crippen molar-refractivity contribution in [1.29, 1.82) is 0 Å². The lowest BCUT2D eigenvalue weighted by Gasteiger charge is -2.11. The summed E-state index contributed by atoms with van der Waals surface area (Å²) < 4.78 is 27.5. The first-order chi connectivity index (χ1) is 10.9. The highest BCUT2D eigenvalue weighted by molar-refractivity contribution is 6.36. The third-order valence-electron chi connectivity index (χ3n) is 3.53. The highest BCUT2D eigenvalue weighted by Gasteiger charge is 2.18. The molecule has 0 spiro atoms. The summed E-state index contributed by atoms with van der Waals surface area (Å²) in [6.07, 6.45) is 0. The second kappa shape index (κ2) is 5.55. The van der Waals surface area contributed by atoms with Gasteiger partial charge in [-0.05, 0) is 30.7 Å². The number of hydrogen-bond acceptors (Lipinski definition) is 3. The molecule has 0 fully saturated rings. The summed E-state index contributed by atoms with van der Waals surface area (Å²) in [5, 5.41) is 11.7. The number of pyridine rings is 1. The van der Waals surface area contributed by atoms with Gasteiger partial charge in [-0.1, -0.05) is 11.6 Å². The molecule has 7 heteroatoms. The SMILES string of the molecule is Cc1c(-c2cc([N+](=O)[O-])ccc2F)nc2cc(F)ccc2c1Cl. The van der Waals surface area contributed by atoms with Gasteiger partial charge in [0.15, 0.2) is 0 Å². The zero-order valence-corrected chi connectivity index (χ0v) is 12.6. The summed E-state index contributed by atoms with van der Waals surface area (Å²) in [7, 11) is 0. The number of nitro groups is 1. The highest BCUT2D eigenvalue weighted by Crippen LogP contribution is 2.35. The van der Waals surface area contributed by atoms with E-state index in [-0.39, 0.29) is 22.5 Å². The standard InChI is InChI=1S/C16H9ClF2N2O2/c1-8-15(17)11-4-2-9(18)6-14(11)20-16(8)12-7-10(21(22)23)3-5-13(12)19/h2-7H,1H3. The van der Waals surface area contributed by atoms with Gasteiger partial charge >= 0.3 is 0 Å². The molecule has 0 saturated carbocycles. The van der Waals surface area contributed by atoms with Gasteiger partial charge in [0.2, 0.25) is 0 Å². The van der Waals surface area contributed by atoms with Crippen LogP contribution < -0.4 is 0 Å². The molecule has 0 N–H and O–H groups in total. The number of fused-ring (bicyclic) bond motifs is 1. The Morgan fingerprint density at radius 2 is 1.91 bits per heavy atom. The van der Waals surface area contributed by atoms with Crippen molar-refractivity contribution in [3.8, 4) is 11.3 Å². The maximum Gasteiger partial charge on any atom is 0.270 e. The van der Waals surface area contributed by atoms with Gasteiger partial charge in [0.1, 0.15) is 11.6 Å². The summed E-state index contributed by atoms with van der Waals surface area (Å²) in [6.45, 7) is 1.63. The average Bonchev–Trinajstić information content (AvgIpc) is 2.51. The molecular weight excluding hydrogens is 326 g/mol. The Hall–Kier alpha value is -2.60. The second-order valence-electron chi connectivity index (χ2n) is 4.98. The molecule has 4 nitrogen and oxygen atoms in total. The molecule has 3 aromatic rings. The monoisotopic (exact) mass is 334 g/mol. The molecule has 0 aliphatic rings. The number of non-ortho nitro benzene ring substituents is 1. The predicted octanol–water partition coefficient (Wildman–Crippen LogP) is 5.05. The van der Waals surface area contributed by atoms with E-state index in [2.05, 4.69) is 4.98 Å². The second-order valence-corrected chi connectivity index (χ2v) is 5.36. The minimum absolute atomic E-state index is 0.0511. The van der Waals surface area contributed by atoms with Crippen molar-refractivity contribution >= 4 is 28.2 Å². The van der Waals surface area contributed by atoms with E-state index in [0.29, 0.717) is 16.0 Å². The van der Waals surface area contributed by atoms with Crippen LogP contribution in [0.5, 0.6) is 0 Å². The van der Waals surface area contributed by atoms with Crippen molar-refractivity contribution in [2.45, 2.75) is 6.92 Å². The molecule has 0 aliphatic heterocycles. The first-order valence-corrected chi connectivity index (χ1v) is 6.96. The minimum atomic E-state index is -0.669. The maximum absolute atomic E-state index is 14.1. The van der Waals surface area contributed by atoms with Crippen molar-refractivity contribution in [3.05, 3.63) is 68.7 Å². The van der Waals surface area contributed by atoms with Crippen LogP contribution in [0.25, 0.3) is 22.2 Å². The number of hydrogen-bond donors (Lipinski definition) is 0. The van der Waals surface area contributed by atoms with E-state index in [1.807, 2.05) is 0 Å². The van der Waals surface area contributed by atoms with E-state index in [4.69, 9.17) is 11.6 Å². The van der Waals surface area contributed by atoms with E-state index < -0.39 is 16.6 Å². The third kappa shape index (κ3) is 2.61. The van der Waals surface area contributed by atoms with Gasteiger partial charge in [0.05, 0.1) is 21.2 Å². The van der Waals surface area contributed by atoms with Crippen LogP contribution in [0.2, 0.25) is 5.02 Å². The third-order valence-corrected chi connectivity index (χ3v) is 4.02. The quantitative estimate of drug-likeness (QED) is 0.486. The van der Waals surface area contributed by atoms with Crippen LogP contribution >= 0.6 is 11.6 Å². The molecule has 1 heterocycles. The largest absolute Gasteiger partial charge is 0.270 e. The smallest absolute Gasteiger partial charge is 0.258 e. The number of nitro benzene ring substituents is 1. The fourth-order valence-electron chi connectivity index (χ4n) is 2.36. The van der Waals surface area contributed by atoms with Crippen LogP contribution in [0.4, 0.5) is 14.5 Å². The van der Waals surface area contributed by atoms with Crippen molar-refractivity contribution in [3.63, 3.8) is 0 Å². The lowest BCUT2D eigenvalue weighted by molar-refractivity contribution is -0.384. The molecular formula is C16H9ClF2N2O2. The van der Waals surface area contributed by atoms with E-state index in [9.17, 15) is 18.9 Å². The Balaban J connectivity index is 2.34. The Bertz CT molecular complexity index is 960. The van der Waals surface area contributed by atoms with Gasteiger partial charge in [0.25, 0.3) is 5.69 Å². The summed E-state index contributed by atoms with van der Waals surface area (Å²) in [6, 6.07) is 7.07. The fourth-order valence-corrected chi connectivity index (χ4v) is 2.61. The van der Waals surface area contributed by atoms with E-state index >= 15 is 0 Å². The lowest BCUT2D eigenvalue weighted by atomic mass is 10.0. The molecule has 1 aromatic heterocycles. The van der Waals surface area contributed by atoms with Crippen LogP contribution in [0.15, 0.2) is 36.4 Å². The Morgan fingerprint density at radius 3 is 2.61 bits per heavy atom. The molecule has 0 bridgehead atoms. The Labute approximate surface area is 134 Å². The molecule has 116 valence electrons. The first-order valence-electron chi connectivity index (χ1n) is 6.58. The van der Waals surface area contributed by atoms with Crippen LogP contribution in [-0.2, 0) is 0 Å². The zero-order valence-electron chi connectivity index (χ0n) is 11.8. The summed E-state index contributed by atoms with van der Waals surface area (Å²) in [5.74, 6) is -1.17. The normalized spacial score (nSPS) is 11.0. The number of rotatable bonds is 2. The van der Waals surface area contributed by atoms with Crippen molar-refractivity contribution in [2.24, 2.45) is 0 Å². The van der Waals surface area contributed by atoms with E-state index in [0.717, 1.165) is 18.2 Å². The van der Waals surface area contributed by atoms with Gasteiger partial charge in [0, 0.05) is 29.1 Å². The van der Waals surface area contributed by atoms with Gasteiger partial charge in [-0.25, -0.2) is 13.8 Å². The molecule has 0 amide bonds. The molecule has 3 rings (SSSR count). The Morgan fingerprint density at radius 1 is 1.17 bits per heavy atom. The predicted molar refractivity (Wildman–Crippen MR) is 83.5 cm³/mol. The van der Waals surface area contributed by atoms with Crippen LogP contribution in [-0.4, -0.2) is 9.91 Å². The Kier molecular flexibility index (Phi) is 3.69. The van der Waals surface area contributed by atoms with Gasteiger partial charge in [-0.15, -0.1) is 0 Å². The summed E-state index contributed by atoms with van der Waals surface area (Å²) >= 11 is 6.27. The lowest BCUT2D eigenvalue weighted by Crippen LogP contribution is -1.97. The van der Waals surface area contributed by atoms with Gasteiger partial charge in [-0.3, -0.25) is 10.1 Å². The van der Waals surface area contributed by atoms with E-state index in [1.165, 1.54) is 18.2 Å². The van der Waals surface area contributed by atoms with Gasteiger partial charge in [-0.2, -0.15) is 0 Å². The van der Waals surface area contributed by atoms with Crippen LogP contribution in [0, 0.1) is 28.7 Å². The van der Waals surface area contributed by atoms with Crippen LogP contribution in [0.1, 0.15) is 5.56 Å². The number of aromatic nitrogens is 1. The molecule has 0 unspecified atom stereocenters. The molecule has 2 aromatic carbocycles. The van der Waals surface area contributed by atoms with Crippen LogP contribution in [0.3, 0.4) is 0 Å². The molecule has 23 heavy (non-hydrogen) atoms. The van der Waals surface area contributed by atoms with Crippen molar-refractivity contribution < 1.29 is 13.7 Å². The number of benzene rings is 2. The topological polar surface area (TPSA) is 56.0 Å². The van der Waals surface area contributed by atoms with E-state index in [1.54, 1.807) is 6.92 Å². The molecule has 0 aliphatic carbocycles. The summed E-state index contributed by atoms with van der Waals surface area (Å²) in [4.78, 5) is 14.5. The number of nitrogens with zero attached hydrogens (tertiary/aromatic N) is 2. The minimum Gasteiger partial charge on any atom is -0.258 e.